The van der Waals surface area contributed by atoms with Crippen LogP contribution in [0.4, 0.5) is 0 Å². The van der Waals surface area contributed by atoms with Crippen molar-refractivity contribution in [3.63, 3.8) is 0 Å². The Hall–Kier alpha value is -2.37. The van der Waals surface area contributed by atoms with Crippen molar-refractivity contribution in [2.45, 2.75) is 26.2 Å². The summed E-state index contributed by atoms with van der Waals surface area (Å²) in [6.07, 6.45) is 0.691. The van der Waals surface area contributed by atoms with Crippen LogP contribution in [0.25, 0.3) is 0 Å². The smallest absolute Gasteiger partial charge is 0.223 e. The average molecular weight is 306 g/mol. The summed E-state index contributed by atoms with van der Waals surface area (Å²) in [7, 11) is 0. The number of para-hydroxylation sites is 1. The average Bonchev–Trinajstić information content (AvgIpc) is 2.50. The van der Waals surface area contributed by atoms with Crippen LogP contribution in [0.3, 0.4) is 0 Å². The molecule has 2 amide bonds. The van der Waals surface area contributed by atoms with Gasteiger partial charge in [-0.2, -0.15) is 0 Å². The van der Waals surface area contributed by atoms with Gasteiger partial charge in [0.05, 0.1) is 13.0 Å². The third-order valence-corrected chi connectivity index (χ3v) is 2.81. The van der Waals surface area contributed by atoms with E-state index >= 15 is 0 Å². The van der Waals surface area contributed by atoms with Crippen LogP contribution < -0.4 is 15.4 Å². The minimum atomic E-state index is -0.183. The van der Waals surface area contributed by atoms with Gasteiger partial charge in [0, 0.05) is 25.9 Å². The van der Waals surface area contributed by atoms with E-state index in [4.69, 9.17) is 4.74 Å². The second kappa shape index (κ2) is 10.4. The number of ketones is 1. The molecule has 6 heteroatoms. The lowest BCUT2D eigenvalue weighted by atomic mass is 10.2. The predicted octanol–water partition coefficient (Wildman–Crippen LogP) is 1.06. The highest BCUT2D eigenvalue weighted by Gasteiger charge is 2.04. The summed E-state index contributed by atoms with van der Waals surface area (Å²) in [5.74, 6) is 0.403. The van der Waals surface area contributed by atoms with E-state index < -0.39 is 0 Å². The Morgan fingerprint density at radius 2 is 1.50 bits per heavy atom. The Labute approximate surface area is 130 Å². The van der Waals surface area contributed by atoms with E-state index in [0.717, 1.165) is 5.75 Å². The molecular weight excluding hydrogens is 284 g/mol. The minimum absolute atomic E-state index is 0.0122. The molecule has 0 unspecified atom stereocenters. The number of amides is 2. The molecular formula is C16H22N2O4. The molecule has 0 aliphatic heterocycles. The van der Waals surface area contributed by atoms with Crippen LogP contribution in [-0.4, -0.2) is 37.3 Å². The Balaban J connectivity index is 2.01. The lowest BCUT2D eigenvalue weighted by Crippen LogP contribution is -2.35. The van der Waals surface area contributed by atoms with Gasteiger partial charge in [-0.25, -0.2) is 0 Å². The largest absolute Gasteiger partial charge is 0.493 e. The van der Waals surface area contributed by atoms with Crippen LogP contribution >= 0.6 is 0 Å². The number of ether oxygens (including phenoxy) is 1. The van der Waals surface area contributed by atoms with E-state index in [9.17, 15) is 14.4 Å². The number of rotatable bonds is 10. The molecule has 0 aliphatic rings. The molecule has 120 valence electrons. The summed E-state index contributed by atoms with van der Waals surface area (Å²) < 4.78 is 5.41. The number of carbonyl (C=O) groups excluding carboxylic acids is 3. The van der Waals surface area contributed by atoms with E-state index in [1.807, 2.05) is 30.3 Å². The quantitative estimate of drug-likeness (QED) is 0.633. The summed E-state index contributed by atoms with van der Waals surface area (Å²) in [5.41, 5.74) is 0. The van der Waals surface area contributed by atoms with Crippen LogP contribution in [0.15, 0.2) is 30.3 Å². The molecule has 6 nitrogen and oxygen atoms in total. The van der Waals surface area contributed by atoms with Crippen molar-refractivity contribution in [2.75, 3.05) is 19.7 Å². The first-order chi connectivity index (χ1) is 10.6. The van der Waals surface area contributed by atoms with Crippen molar-refractivity contribution in [1.82, 2.24) is 10.6 Å². The maximum Gasteiger partial charge on any atom is 0.223 e. The van der Waals surface area contributed by atoms with E-state index in [-0.39, 0.29) is 36.9 Å². The minimum Gasteiger partial charge on any atom is -0.493 e. The molecule has 0 bridgehead atoms. The molecule has 1 aromatic rings. The highest BCUT2D eigenvalue weighted by atomic mass is 16.5. The van der Waals surface area contributed by atoms with Crippen molar-refractivity contribution < 1.29 is 19.1 Å². The highest BCUT2D eigenvalue weighted by molar-refractivity contribution is 5.83. The summed E-state index contributed by atoms with van der Waals surface area (Å²) in [6, 6.07) is 9.28. The fraction of sp³-hybridized carbons (Fsp3) is 0.438. The van der Waals surface area contributed by atoms with Gasteiger partial charge in [0.1, 0.15) is 11.5 Å². The summed E-state index contributed by atoms with van der Waals surface area (Å²) in [5, 5.41) is 5.33. The zero-order chi connectivity index (χ0) is 16.2. The van der Waals surface area contributed by atoms with Crippen molar-refractivity contribution in [2.24, 2.45) is 0 Å². The standard InChI is InChI=1S/C16H22N2O4/c1-13(19)7-8-15(20)17-10-11-18-16(21)9-12-22-14-5-3-2-4-6-14/h2-6H,7-12H2,1H3,(H,17,20)(H,18,21). The SMILES string of the molecule is CC(=O)CCC(=O)NCCNC(=O)CCOc1ccccc1. The second-order valence-corrected chi connectivity index (χ2v) is 4.81. The third kappa shape index (κ3) is 8.73. The van der Waals surface area contributed by atoms with E-state index in [1.165, 1.54) is 6.92 Å². The number of hydrogen-bond donors (Lipinski definition) is 2. The monoisotopic (exact) mass is 306 g/mol. The molecule has 0 heterocycles. The van der Waals surface area contributed by atoms with Gasteiger partial charge in [0.15, 0.2) is 0 Å². The fourth-order valence-electron chi connectivity index (χ4n) is 1.65. The lowest BCUT2D eigenvalue weighted by Gasteiger charge is -2.08. The van der Waals surface area contributed by atoms with Gasteiger partial charge in [-0.1, -0.05) is 18.2 Å². The normalized spacial score (nSPS) is 9.86. The first-order valence-corrected chi connectivity index (χ1v) is 7.28. The lowest BCUT2D eigenvalue weighted by molar-refractivity contribution is -0.125. The maximum atomic E-state index is 11.5. The highest BCUT2D eigenvalue weighted by Crippen LogP contribution is 2.08. The fourth-order valence-corrected chi connectivity index (χ4v) is 1.65. The van der Waals surface area contributed by atoms with Crippen LogP contribution in [0.1, 0.15) is 26.2 Å². The van der Waals surface area contributed by atoms with Gasteiger partial charge < -0.3 is 20.2 Å². The maximum absolute atomic E-state index is 11.5. The summed E-state index contributed by atoms with van der Waals surface area (Å²) >= 11 is 0. The molecule has 0 fully saturated rings. The second-order valence-electron chi connectivity index (χ2n) is 4.81. The Morgan fingerprint density at radius 1 is 0.909 bits per heavy atom. The molecule has 2 N–H and O–H groups in total. The van der Waals surface area contributed by atoms with Gasteiger partial charge in [-0.15, -0.1) is 0 Å². The van der Waals surface area contributed by atoms with Crippen LogP contribution in [0.5, 0.6) is 5.75 Å². The van der Waals surface area contributed by atoms with Gasteiger partial charge in [0.2, 0.25) is 11.8 Å². The third-order valence-electron chi connectivity index (χ3n) is 2.81. The molecule has 1 aromatic carbocycles. The van der Waals surface area contributed by atoms with Gasteiger partial charge >= 0.3 is 0 Å². The molecule has 0 aliphatic carbocycles. The molecule has 0 aromatic heterocycles. The first kappa shape index (κ1) is 17.7. The van der Waals surface area contributed by atoms with E-state index in [2.05, 4.69) is 10.6 Å². The summed E-state index contributed by atoms with van der Waals surface area (Å²) in [4.78, 5) is 33.6. The topological polar surface area (TPSA) is 84.5 Å². The number of hydrogen-bond acceptors (Lipinski definition) is 4. The first-order valence-electron chi connectivity index (χ1n) is 7.28. The molecule has 22 heavy (non-hydrogen) atoms. The molecule has 0 spiro atoms. The van der Waals surface area contributed by atoms with Crippen molar-refractivity contribution in [3.8, 4) is 5.75 Å². The number of benzene rings is 1. The zero-order valence-electron chi connectivity index (χ0n) is 12.8. The van der Waals surface area contributed by atoms with Crippen LogP contribution in [-0.2, 0) is 14.4 Å². The Bertz CT molecular complexity index is 488. The number of nitrogens with one attached hydrogen (secondary N) is 2. The van der Waals surface area contributed by atoms with Crippen LogP contribution in [0, 0.1) is 0 Å². The van der Waals surface area contributed by atoms with Crippen LogP contribution in [0.2, 0.25) is 0 Å². The Kier molecular flexibility index (Phi) is 8.33. The number of Topliss-reactive ketones (excluding diaryl/α,β-unsaturated/α-hetero) is 1. The van der Waals surface area contributed by atoms with Crippen molar-refractivity contribution in [3.05, 3.63) is 30.3 Å². The Morgan fingerprint density at radius 3 is 2.09 bits per heavy atom. The molecule has 0 radical (unpaired) electrons. The summed E-state index contributed by atoms with van der Waals surface area (Å²) in [6.45, 7) is 2.46. The van der Waals surface area contributed by atoms with Gasteiger partial charge in [-0.05, 0) is 19.1 Å². The molecule has 0 saturated heterocycles. The van der Waals surface area contributed by atoms with Gasteiger partial charge in [0.25, 0.3) is 0 Å². The molecule has 0 atom stereocenters. The zero-order valence-corrected chi connectivity index (χ0v) is 12.8. The van der Waals surface area contributed by atoms with Crippen molar-refractivity contribution >= 4 is 17.6 Å². The predicted molar refractivity (Wildman–Crippen MR) is 82.5 cm³/mol. The molecule has 1 rings (SSSR count). The van der Waals surface area contributed by atoms with Crippen molar-refractivity contribution in [1.29, 1.82) is 0 Å². The number of carbonyl (C=O) groups is 3. The van der Waals surface area contributed by atoms with Gasteiger partial charge in [-0.3, -0.25) is 9.59 Å². The van der Waals surface area contributed by atoms with E-state index in [1.54, 1.807) is 0 Å². The molecule has 0 saturated carbocycles. The van der Waals surface area contributed by atoms with E-state index in [0.29, 0.717) is 19.7 Å².